The molecule has 36 heteroatoms. The summed E-state index contributed by atoms with van der Waals surface area (Å²) in [5.41, 5.74) is 21.1. The summed E-state index contributed by atoms with van der Waals surface area (Å²) in [5.74, 6) is -7.17. The van der Waals surface area contributed by atoms with Gasteiger partial charge < -0.3 is 89.1 Å². The number of ketones is 3. The van der Waals surface area contributed by atoms with Crippen LogP contribution in [-0.2, 0) is 88.0 Å². The van der Waals surface area contributed by atoms with Crippen LogP contribution >= 0.6 is 12.2 Å². The number of benzene rings is 2. The highest BCUT2D eigenvalue weighted by molar-refractivity contribution is 7.80. The molecule has 5 aromatic heterocycles. The molecule has 2 bridgehead atoms. The Morgan fingerprint density at radius 2 is 1.49 bits per heavy atom. The van der Waals surface area contributed by atoms with Crippen molar-refractivity contribution in [2.75, 3.05) is 128 Å². The molecule has 0 spiro atoms. The second-order valence-corrected chi connectivity index (χ2v) is 37.2. The van der Waals surface area contributed by atoms with Crippen molar-refractivity contribution in [3.8, 4) is 11.3 Å². The fourth-order valence-electron chi connectivity index (χ4n) is 19.4. The van der Waals surface area contributed by atoms with E-state index >= 15 is 0 Å². The van der Waals surface area contributed by atoms with Gasteiger partial charge >= 0.3 is 5.97 Å². The van der Waals surface area contributed by atoms with Crippen LogP contribution in [0.2, 0.25) is 0 Å². The predicted octanol–water partition coefficient (Wildman–Crippen LogP) is 9.10. The Bertz CT molecular complexity index is 5400. The summed E-state index contributed by atoms with van der Waals surface area (Å²) in [6.07, 6.45) is 19.7. The molecule has 15 atom stereocenters. The van der Waals surface area contributed by atoms with Crippen LogP contribution in [0.15, 0.2) is 120 Å². The maximum atomic E-state index is 14.9. The van der Waals surface area contributed by atoms with Gasteiger partial charge in [0, 0.05) is 173 Å². The van der Waals surface area contributed by atoms with Crippen LogP contribution in [0.25, 0.3) is 33.4 Å². The van der Waals surface area contributed by atoms with Gasteiger partial charge in [-0.2, -0.15) is 10.1 Å². The lowest BCUT2D eigenvalue weighted by Crippen LogP contribution is -2.61. The van der Waals surface area contributed by atoms with E-state index in [0.717, 1.165) is 53.0 Å². The minimum Gasteiger partial charge on any atom is -0.465 e. The number of fused-ring (bicyclic) bond motifs is 6. The van der Waals surface area contributed by atoms with Gasteiger partial charge in [-0.1, -0.05) is 89.3 Å². The van der Waals surface area contributed by atoms with Crippen molar-refractivity contribution >= 4 is 104 Å². The summed E-state index contributed by atoms with van der Waals surface area (Å²) in [6.45, 7) is 21.1. The average Bonchev–Trinajstić information content (AvgIpc) is 1.71. The number of nitrogens with two attached hydrogens (primary N) is 2. The Labute approximate surface area is 781 Å². The van der Waals surface area contributed by atoms with Gasteiger partial charge in [-0.25, -0.2) is 39.4 Å². The number of nitrogens with one attached hydrogen (secondary N) is 1. The smallest absolute Gasteiger partial charge is 0.329 e. The summed E-state index contributed by atoms with van der Waals surface area (Å²) < 4.78 is 50.0. The first kappa shape index (κ1) is 98.0. The van der Waals surface area contributed by atoms with Gasteiger partial charge in [0.05, 0.1) is 55.4 Å². The molecule has 0 radical (unpaired) electrons. The Balaban J connectivity index is 0.499. The van der Waals surface area contributed by atoms with Gasteiger partial charge in [0.15, 0.2) is 17.0 Å². The molecule has 0 unspecified atom stereocenters. The number of carbonyl (C=O) groups excluding carboxylic acids is 7. The number of nitrogens with zero attached hydrogens (tertiary/aromatic N) is 15. The Kier molecular flexibility index (Phi) is 33.1. The van der Waals surface area contributed by atoms with Crippen molar-refractivity contribution in [2.45, 2.75) is 213 Å². The average molecular weight is 1850 g/mol. The molecular weight excluding hydrogens is 1720 g/mol. The summed E-state index contributed by atoms with van der Waals surface area (Å²) in [7, 11) is 4.57. The second kappa shape index (κ2) is 44.9. The van der Waals surface area contributed by atoms with Crippen molar-refractivity contribution in [1.82, 2.24) is 69.6 Å². The maximum Gasteiger partial charge on any atom is 0.329 e. The first-order chi connectivity index (χ1) is 64.0. The number of oxazole rings is 1. The number of piperazine rings is 2. The highest BCUT2D eigenvalue weighted by Crippen LogP contribution is 2.40. The van der Waals surface area contributed by atoms with Gasteiger partial charge in [-0.15, -0.1) is 0 Å². The fraction of sp³-hybridized carbons (Fsp3) is 0.567. The predicted molar refractivity (Wildman–Crippen MR) is 502 cm³/mol. The largest absolute Gasteiger partial charge is 0.465 e. The number of methoxy groups -OCH3 is 3. The van der Waals surface area contributed by atoms with E-state index in [-0.39, 0.29) is 84.7 Å². The van der Waals surface area contributed by atoms with Crippen LogP contribution in [-0.4, -0.2) is 282 Å². The summed E-state index contributed by atoms with van der Waals surface area (Å²) >= 11 is 5.75. The number of carbonyl (C=O) groups is 7. The number of ether oxygens (including phenoxy) is 7. The van der Waals surface area contributed by atoms with E-state index < -0.39 is 89.8 Å². The van der Waals surface area contributed by atoms with Gasteiger partial charge in [-0.3, -0.25) is 33.7 Å². The zero-order valence-corrected chi connectivity index (χ0v) is 78.7. The van der Waals surface area contributed by atoms with Crippen LogP contribution in [0, 0.1) is 35.5 Å². The first-order valence-electron chi connectivity index (χ1n) is 46.7. The molecule has 133 heavy (non-hydrogen) atoms. The quantitative estimate of drug-likeness (QED) is 0.0147. The second-order valence-electron chi connectivity index (χ2n) is 36.8. The van der Waals surface area contributed by atoms with Gasteiger partial charge in [0.2, 0.25) is 23.6 Å². The molecule has 1 saturated carbocycles. The van der Waals surface area contributed by atoms with E-state index in [1.54, 1.807) is 71.9 Å². The Morgan fingerprint density at radius 3 is 2.23 bits per heavy atom. The molecule has 7 N–H and O–H groups in total. The SMILES string of the molecule is CO[C@H]1C[C@@H]2CC[C@@H](C)[C@@](O)(O2)C(=O)C(=O)N2CCCC[C@H]2C(=O)O[C@H]([C@H](C)C[C@@H]2CC[C@@H](OC(=S)NCc3cnc(N4CCN(C(=O)CCOCCN5CCN(c6ncc(C(=O)N7CCc8cc(Cn9nc(-c%10ccc%11oc(N)nc%11c%10)c%10c(N)ncnc%109)ccc8C7)cn6)CC5)CC4)nc3)[C@H](OC)C2)CC(=O)[C@H](C)/C=C(\C)[C@@H](O)[C@@H](OC)C(=O)[C@H](C)C[C@H](C)/C=C/C=C/C=C/1C. The van der Waals surface area contributed by atoms with Gasteiger partial charge in [0.25, 0.3) is 28.8 Å². The monoisotopic (exact) mass is 1850 g/mol. The topological polar surface area (TPSA) is 429 Å². The van der Waals surface area contributed by atoms with Gasteiger partial charge in [-0.05, 0) is 160 Å². The number of thiocarbonyl (C=S) groups is 1. The molecule has 7 aliphatic rings. The molecule has 3 amide bonds. The van der Waals surface area contributed by atoms with Crippen molar-refractivity contribution in [3.63, 3.8) is 0 Å². The van der Waals surface area contributed by atoms with Crippen LogP contribution in [0.5, 0.6) is 0 Å². The number of esters is 1. The lowest BCUT2D eigenvalue weighted by atomic mass is 9.78. The number of Topliss-reactive ketones (excluding diaryl/α,β-unsaturated/α-hetero) is 3. The van der Waals surface area contributed by atoms with Crippen molar-refractivity contribution < 1.29 is 81.4 Å². The Hall–Kier alpha value is -11.0. The third kappa shape index (κ3) is 24.1. The van der Waals surface area contributed by atoms with E-state index in [2.05, 4.69) is 73.1 Å². The lowest BCUT2D eigenvalue weighted by Gasteiger charge is -2.42. The maximum absolute atomic E-state index is 14.9. The van der Waals surface area contributed by atoms with Crippen molar-refractivity contribution in [1.29, 1.82) is 0 Å². The standard InChI is InChI=1S/C97H128N18O17S/c1-58-16-12-11-13-17-59(2)78(125-8)48-72-24-19-64(7)97(124,132-72)87(120)91(122)114-29-15-14-18-74(114)92(123)129-79(49-75(116)60(3)43-63(6)85(119)86(127-10)84(118)62(5)42-58)61(4)44-65-21-25-77(80(46-65)126-9)131-96(133)104-52-67-50-100-94(101-51-67)112-37-35-110(36-38-112)81(117)28-40-128-41-39-109-31-33-111(34-32-109)95-102-53-71(54-103-95)90(121)113-30-27-68-45-66(20-22-70(68)56-113)55-115-89-82(88(98)105-57-106-89)83(108-115)69-23-26-76-73(47-69)107-93(99)130-76/h11-13,16-17,20,22-23,26,43,45,47,50-51,53-54,57-58,60-62,64-65,72,74,77-80,85-86,119,124H,14-15,18-19,21,24-25,27-42,44,46,48-49,52,55-56H2,1-10H3,(H2,99,107)(H,104,133)(H2,98,105,106)/b13-11+,16-12+,59-17+,63-43+/t58-,60-,61-,62-,64-,65+,72+,74+,77-,78+,79+,80-,85-,86+,97-/m1/s1. The zero-order valence-electron chi connectivity index (χ0n) is 77.9. The molecule has 1 aliphatic carbocycles. The van der Waals surface area contributed by atoms with Crippen LogP contribution < -0.4 is 26.6 Å². The minimum atomic E-state index is -2.48. The molecule has 4 saturated heterocycles. The van der Waals surface area contributed by atoms with E-state index in [0.29, 0.717) is 200 Å². The number of allylic oxidation sites excluding steroid dienone is 6. The van der Waals surface area contributed by atoms with E-state index in [1.807, 2.05) is 84.7 Å². The molecule has 5 fully saturated rings. The normalized spacial score (nSPS) is 27.8. The number of aliphatic hydroxyl groups is 2. The van der Waals surface area contributed by atoms with E-state index in [4.69, 9.17) is 66.4 Å². The number of hydrogen-bond donors (Lipinski definition) is 5. The third-order valence-corrected chi connectivity index (χ3v) is 27.7. The van der Waals surface area contributed by atoms with Crippen LogP contribution in [0.3, 0.4) is 0 Å². The molecule has 7 aromatic rings. The lowest BCUT2D eigenvalue weighted by molar-refractivity contribution is -0.265. The van der Waals surface area contributed by atoms with Crippen molar-refractivity contribution in [3.05, 3.63) is 143 Å². The number of rotatable bonds is 21. The summed E-state index contributed by atoms with van der Waals surface area (Å²) in [5, 5.41) is 32.9. The number of piperidine rings is 1. The fourth-order valence-corrected chi connectivity index (χ4v) is 19.6. The highest BCUT2D eigenvalue weighted by atomic mass is 32.1. The number of aromatic nitrogens is 9. The number of hydrogen-bond acceptors (Lipinski definition) is 31. The summed E-state index contributed by atoms with van der Waals surface area (Å²) in [6, 6.07) is 10.7. The molecule has 2 aromatic carbocycles. The van der Waals surface area contributed by atoms with Crippen molar-refractivity contribution in [2.24, 2.45) is 35.5 Å². The Morgan fingerprint density at radius 1 is 0.744 bits per heavy atom. The first-order valence-corrected chi connectivity index (χ1v) is 47.1. The van der Waals surface area contributed by atoms with E-state index in [9.17, 15) is 43.8 Å². The molecule has 6 aliphatic heterocycles. The number of anilines is 4. The van der Waals surface area contributed by atoms with Crippen LogP contribution in [0.1, 0.15) is 165 Å². The zero-order chi connectivity index (χ0) is 94.3. The molecule has 35 nitrogen and oxygen atoms in total. The molecule has 14 rings (SSSR count). The van der Waals surface area contributed by atoms with Gasteiger partial charge in [0.1, 0.15) is 59.6 Å². The summed E-state index contributed by atoms with van der Waals surface area (Å²) in [4.78, 5) is 143. The minimum absolute atomic E-state index is 0.0176. The molecule has 714 valence electrons. The van der Waals surface area contributed by atoms with E-state index in [1.165, 1.54) is 18.3 Å². The number of cyclic esters (lactones) is 1. The number of amides is 3. The third-order valence-electron chi connectivity index (χ3n) is 27.4. The number of nitrogen functional groups attached to an aromatic ring is 2. The molecular formula is C97H128N18O17S. The molecule has 11 heterocycles. The number of aliphatic hydroxyl groups excluding tert-OH is 1. The highest BCUT2D eigenvalue weighted by Gasteiger charge is 2.53. The van der Waals surface area contributed by atoms with Crippen LogP contribution in [0.4, 0.5) is 23.7 Å².